The van der Waals surface area contributed by atoms with Gasteiger partial charge in [0.05, 0.1) is 0 Å². The Morgan fingerprint density at radius 2 is 1.82 bits per heavy atom. The average molecular weight is 152 g/mol. The van der Waals surface area contributed by atoms with E-state index >= 15 is 0 Å². The largest absolute Gasteiger partial charge is 0.100 e. The van der Waals surface area contributed by atoms with E-state index in [2.05, 4.69) is 33.9 Å². The van der Waals surface area contributed by atoms with Crippen LogP contribution in [0.1, 0.15) is 40.0 Å². The van der Waals surface area contributed by atoms with Gasteiger partial charge in [0.2, 0.25) is 0 Å². The van der Waals surface area contributed by atoms with Crippen LogP contribution in [0.15, 0.2) is 24.3 Å². The minimum absolute atomic E-state index is 0.675. The molecule has 0 amide bonds. The fourth-order valence-electron chi connectivity index (χ4n) is 0.956. The number of hydrogen-bond donors (Lipinski definition) is 0. The lowest BCUT2D eigenvalue weighted by Gasteiger charge is -2.09. The maximum Gasteiger partial charge on any atom is -0.0237 e. The topological polar surface area (TPSA) is 0 Å². The van der Waals surface area contributed by atoms with Crippen molar-refractivity contribution in [2.24, 2.45) is 5.92 Å². The van der Waals surface area contributed by atoms with Gasteiger partial charge in [-0.2, -0.15) is 0 Å². The van der Waals surface area contributed by atoms with Crippen LogP contribution in [0.2, 0.25) is 0 Å². The Balaban J connectivity index is 3.39. The minimum atomic E-state index is 0.675. The van der Waals surface area contributed by atoms with E-state index in [0.717, 1.165) is 6.42 Å². The van der Waals surface area contributed by atoms with Crippen LogP contribution < -0.4 is 0 Å². The van der Waals surface area contributed by atoms with Crippen LogP contribution in [0.3, 0.4) is 0 Å². The van der Waals surface area contributed by atoms with Crippen LogP contribution in [0.25, 0.3) is 0 Å². The second kappa shape index (κ2) is 5.17. The lowest BCUT2D eigenvalue weighted by Crippen LogP contribution is -1.94. The molecule has 0 fully saturated rings. The lowest BCUT2D eigenvalue weighted by molar-refractivity contribution is 0.579. The van der Waals surface area contributed by atoms with E-state index in [9.17, 15) is 0 Å². The first kappa shape index (κ1) is 10.5. The van der Waals surface area contributed by atoms with Crippen LogP contribution in [-0.2, 0) is 0 Å². The third kappa shape index (κ3) is 5.90. The maximum atomic E-state index is 3.93. The molecule has 0 aliphatic heterocycles. The van der Waals surface area contributed by atoms with Gasteiger partial charge in [0.25, 0.3) is 0 Å². The number of allylic oxidation sites excluding steroid dienone is 2. The minimum Gasteiger partial charge on any atom is -0.100 e. The van der Waals surface area contributed by atoms with Crippen molar-refractivity contribution < 1.29 is 0 Å². The summed E-state index contributed by atoms with van der Waals surface area (Å²) >= 11 is 0. The van der Waals surface area contributed by atoms with Crippen molar-refractivity contribution in [1.82, 2.24) is 0 Å². The molecule has 1 unspecified atom stereocenters. The maximum absolute atomic E-state index is 3.93. The van der Waals surface area contributed by atoms with E-state index < -0.39 is 0 Å². The molecule has 0 nitrogen and oxygen atoms in total. The van der Waals surface area contributed by atoms with Gasteiger partial charge in [0.15, 0.2) is 0 Å². The molecule has 0 aromatic heterocycles. The highest BCUT2D eigenvalue weighted by Crippen LogP contribution is 2.16. The second-order valence-corrected chi connectivity index (χ2v) is 3.60. The standard InChI is InChI=1S/C11H20/c1-9(2)7-6-8-11(5)10(3)4/h11H,1,3,6-8H2,2,4-5H3. The van der Waals surface area contributed by atoms with E-state index in [1.807, 2.05) is 0 Å². The first-order valence-electron chi connectivity index (χ1n) is 4.33. The third-order valence-corrected chi connectivity index (χ3v) is 2.08. The van der Waals surface area contributed by atoms with Crippen molar-refractivity contribution in [2.45, 2.75) is 40.0 Å². The number of rotatable bonds is 5. The number of hydrogen-bond acceptors (Lipinski definition) is 0. The average Bonchev–Trinajstić information content (AvgIpc) is 1.86. The zero-order valence-electron chi connectivity index (χ0n) is 8.11. The molecule has 11 heavy (non-hydrogen) atoms. The molecule has 0 bridgehead atoms. The van der Waals surface area contributed by atoms with E-state index in [1.165, 1.54) is 24.0 Å². The van der Waals surface area contributed by atoms with Gasteiger partial charge in [-0.15, -0.1) is 6.58 Å². The summed E-state index contributed by atoms with van der Waals surface area (Å²) in [5.74, 6) is 0.675. The molecule has 0 heterocycles. The molecule has 0 saturated carbocycles. The van der Waals surface area contributed by atoms with Crippen molar-refractivity contribution >= 4 is 0 Å². The van der Waals surface area contributed by atoms with E-state index in [0.29, 0.717) is 5.92 Å². The predicted octanol–water partition coefficient (Wildman–Crippen LogP) is 3.95. The summed E-state index contributed by atoms with van der Waals surface area (Å²) in [6.07, 6.45) is 3.67. The highest BCUT2D eigenvalue weighted by Gasteiger charge is 2.00. The summed E-state index contributed by atoms with van der Waals surface area (Å²) < 4.78 is 0. The summed E-state index contributed by atoms with van der Waals surface area (Å²) in [4.78, 5) is 0. The Labute approximate surface area is 71.0 Å². The smallest absolute Gasteiger partial charge is 0.0237 e. The van der Waals surface area contributed by atoms with Crippen molar-refractivity contribution in [2.75, 3.05) is 0 Å². The summed E-state index contributed by atoms with van der Waals surface area (Å²) in [7, 11) is 0. The van der Waals surface area contributed by atoms with Crippen molar-refractivity contribution in [3.05, 3.63) is 24.3 Å². The molecule has 0 aromatic carbocycles. The molecule has 0 aliphatic carbocycles. The zero-order chi connectivity index (χ0) is 8.85. The van der Waals surface area contributed by atoms with Gasteiger partial charge in [-0.3, -0.25) is 0 Å². The van der Waals surface area contributed by atoms with Crippen molar-refractivity contribution in [1.29, 1.82) is 0 Å². The Morgan fingerprint density at radius 1 is 1.27 bits per heavy atom. The Bertz CT molecular complexity index is 142. The predicted molar refractivity (Wildman–Crippen MR) is 52.6 cm³/mol. The SMILES string of the molecule is C=C(C)CCCC(C)C(=C)C. The highest BCUT2D eigenvalue weighted by molar-refractivity contribution is 4.94. The molecule has 1 atom stereocenters. The van der Waals surface area contributed by atoms with Crippen LogP contribution in [0.5, 0.6) is 0 Å². The first-order chi connectivity index (χ1) is 5.04. The van der Waals surface area contributed by atoms with Crippen LogP contribution in [0.4, 0.5) is 0 Å². The molecule has 64 valence electrons. The summed E-state index contributed by atoms with van der Waals surface area (Å²) in [5.41, 5.74) is 2.59. The van der Waals surface area contributed by atoms with E-state index in [4.69, 9.17) is 0 Å². The van der Waals surface area contributed by atoms with Gasteiger partial charge in [-0.05, 0) is 39.0 Å². The Morgan fingerprint density at radius 3 is 2.18 bits per heavy atom. The van der Waals surface area contributed by atoms with Gasteiger partial charge >= 0.3 is 0 Å². The molecule has 0 aliphatic rings. The molecule has 0 spiro atoms. The van der Waals surface area contributed by atoms with Crippen molar-refractivity contribution in [3.8, 4) is 0 Å². The first-order valence-corrected chi connectivity index (χ1v) is 4.33. The van der Waals surface area contributed by atoms with Gasteiger partial charge in [0.1, 0.15) is 0 Å². The van der Waals surface area contributed by atoms with Gasteiger partial charge in [0, 0.05) is 0 Å². The van der Waals surface area contributed by atoms with Gasteiger partial charge in [-0.1, -0.05) is 24.6 Å². The molecule has 0 heteroatoms. The molecular weight excluding hydrogens is 132 g/mol. The molecular formula is C11H20. The monoisotopic (exact) mass is 152 g/mol. The van der Waals surface area contributed by atoms with Crippen LogP contribution >= 0.6 is 0 Å². The summed E-state index contributed by atoms with van der Waals surface area (Å²) in [5, 5.41) is 0. The Hall–Kier alpha value is -0.520. The molecule has 0 radical (unpaired) electrons. The summed E-state index contributed by atoms with van der Waals surface area (Å²) in [6.45, 7) is 14.2. The van der Waals surface area contributed by atoms with Crippen LogP contribution in [0, 0.1) is 5.92 Å². The quantitative estimate of drug-likeness (QED) is 0.523. The second-order valence-electron chi connectivity index (χ2n) is 3.60. The van der Waals surface area contributed by atoms with Gasteiger partial charge in [-0.25, -0.2) is 0 Å². The van der Waals surface area contributed by atoms with Crippen LogP contribution in [-0.4, -0.2) is 0 Å². The Kier molecular flexibility index (Phi) is 4.93. The normalized spacial score (nSPS) is 12.6. The molecule has 0 rings (SSSR count). The lowest BCUT2D eigenvalue weighted by atomic mass is 9.97. The molecule has 0 aromatic rings. The highest BCUT2D eigenvalue weighted by atomic mass is 14.1. The third-order valence-electron chi connectivity index (χ3n) is 2.08. The fraction of sp³-hybridized carbons (Fsp3) is 0.636. The van der Waals surface area contributed by atoms with E-state index in [-0.39, 0.29) is 0 Å². The zero-order valence-corrected chi connectivity index (χ0v) is 8.11. The molecule has 0 N–H and O–H groups in total. The summed E-state index contributed by atoms with van der Waals surface area (Å²) in [6, 6.07) is 0. The van der Waals surface area contributed by atoms with Crippen molar-refractivity contribution in [3.63, 3.8) is 0 Å². The molecule has 0 saturated heterocycles. The fourth-order valence-corrected chi connectivity index (χ4v) is 0.956. The van der Waals surface area contributed by atoms with Gasteiger partial charge < -0.3 is 0 Å². The van der Waals surface area contributed by atoms with E-state index in [1.54, 1.807) is 0 Å².